The Kier molecular flexibility index (Phi) is 2.74. The molecule has 2 N–H and O–H groups in total. The van der Waals surface area contributed by atoms with Gasteiger partial charge >= 0.3 is 0 Å². The highest BCUT2D eigenvalue weighted by molar-refractivity contribution is 5.87. The third-order valence-corrected chi connectivity index (χ3v) is 3.17. The Morgan fingerprint density at radius 3 is 3.06 bits per heavy atom. The van der Waals surface area contributed by atoms with E-state index in [1.807, 2.05) is 35.0 Å². The van der Waals surface area contributed by atoms with Crippen LogP contribution in [0.1, 0.15) is 0 Å². The second-order valence-corrected chi connectivity index (χ2v) is 4.39. The van der Waals surface area contributed by atoms with Crippen LogP contribution in [0.15, 0.2) is 30.5 Å². The van der Waals surface area contributed by atoms with E-state index in [0.29, 0.717) is 12.4 Å². The molecule has 1 saturated heterocycles. The summed E-state index contributed by atoms with van der Waals surface area (Å²) in [6, 6.07) is 7.85. The van der Waals surface area contributed by atoms with E-state index in [2.05, 4.69) is 5.32 Å². The van der Waals surface area contributed by atoms with E-state index in [-0.39, 0.29) is 6.10 Å². The minimum atomic E-state index is 0.136. The number of fused-ring (bicyclic) bond motifs is 1. The van der Waals surface area contributed by atoms with Gasteiger partial charge in [0.1, 0.15) is 0 Å². The molecule has 1 unspecified atom stereocenters. The Hall–Kier alpha value is -1.52. The molecule has 0 spiro atoms. The molecule has 0 radical (unpaired) electrons. The summed E-state index contributed by atoms with van der Waals surface area (Å²) in [4.78, 5) is 0. The van der Waals surface area contributed by atoms with Crippen LogP contribution < -0.4 is 5.32 Å². The van der Waals surface area contributed by atoms with Crippen LogP contribution in [-0.4, -0.2) is 35.5 Å². The van der Waals surface area contributed by atoms with Gasteiger partial charge in [-0.3, -0.25) is 0 Å². The first-order chi connectivity index (χ1) is 8.34. The molecular weight excluding hydrogens is 216 g/mol. The van der Waals surface area contributed by atoms with Gasteiger partial charge in [0.25, 0.3) is 0 Å². The Bertz CT molecular complexity index is 515. The SMILES string of the molecule is Oc1c2ccccc2cn1CC1CNCCO1. The lowest BCUT2D eigenvalue weighted by atomic mass is 10.2. The summed E-state index contributed by atoms with van der Waals surface area (Å²) in [7, 11) is 0. The third kappa shape index (κ3) is 2.01. The molecule has 2 heterocycles. The number of aromatic nitrogens is 1. The maximum Gasteiger partial charge on any atom is 0.199 e. The molecule has 1 fully saturated rings. The van der Waals surface area contributed by atoms with Crippen LogP contribution in [0.2, 0.25) is 0 Å². The van der Waals surface area contributed by atoms with Crippen molar-refractivity contribution in [2.24, 2.45) is 0 Å². The maximum absolute atomic E-state index is 10.1. The summed E-state index contributed by atoms with van der Waals surface area (Å²) in [6.07, 6.45) is 2.11. The second-order valence-electron chi connectivity index (χ2n) is 4.39. The fourth-order valence-corrected chi connectivity index (χ4v) is 2.29. The number of hydrogen-bond acceptors (Lipinski definition) is 3. The predicted molar refractivity (Wildman–Crippen MR) is 66.2 cm³/mol. The van der Waals surface area contributed by atoms with Crippen LogP contribution in [0.25, 0.3) is 10.8 Å². The largest absolute Gasteiger partial charge is 0.494 e. The molecule has 1 aromatic heterocycles. The topological polar surface area (TPSA) is 46.4 Å². The van der Waals surface area contributed by atoms with Gasteiger partial charge in [-0.25, -0.2) is 0 Å². The van der Waals surface area contributed by atoms with Gasteiger partial charge in [-0.05, 0) is 6.07 Å². The number of nitrogens with zero attached hydrogens (tertiary/aromatic N) is 1. The molecule has 1 aliphatic rings. The molecule has 17 heavy (non-hydrogen) atoms. The van der Waals surface area contributed by atoms with Crippen LogP contribution in [0, 0.1) is 0 Å². The number of nitrogens with one attached hydrogen (secondary N) is 1. The zero-order valence-corrected chi connectivity index (χ0v) is 9.60. The highest BCUT2D eigenvalue weighted by atomic mass is 16.5. The molecule has 0 bridgehead atoms. The summed E-state index contributed by atoms with van der Waals surface area (Å²) in [6.45, 7) is 3.18. The van der Waals surface area contributed by atoms with Gasteiger partial charge in [0.2, 0.25) is 0 Å². The third-order valence-electron chi connectivity index (χ3n) is 3.17. The number of benzene rings is 1. The van der Waals surface area contributed by atoms with Gasteiger partial charge in [0.05, 0.1) is 19.3 Å². The van der Waals surface area contributed by atoms with E-state index in [0.717, 1.165) is 30.5 Å². The van der Waals surface area contributed by atoms with Crippen LogP contribution in [0.4, 0.5) is 0 Å². The lowest BCUT2D eigenvalue weighted by Gasteiger charge is -2.24. The predicted octanol–water partition coefficient (Wildman–Crippen LogP) is 1.34. The minimum Gasteiger partial charge on any atom is -0.494 e. The number of ether oxygens (including phenoxy) is 1. The average molecular weight is 232 g/mol. The van der Waals surface area contributed by atoms with Crippen LogP contribution >= 0.6 is 0 Å². The molecule has 4 heteroatoms. The summed E-state index contributed by atoms with van der Waals surface area (Å²) >= 11 is 0. The zero-order valence-electron chi connectivity index (χ0n) is 9.60. The fourth-order valence-electron chi connectivity index (χ4n) is 2.29. The van der Waals surface area contributed by atoms with E-state index in [9.17, 15) is 5.11 Å². The van der Waals surface area contributed by atoms with Crippen molar-refractivity contribution in [1.29, 1.82) is 0 Å². The standard InChI is InChI=1S/C13H16N2O2/c16-13-12-4-2-1-3-10(12)8-15(13)9-11-7-14-5-6-17-11/h1-4,8,11,14,16H,5-7,9H2. The molecule has 0 saturated carbocycles. The molecule has 1 aromatic carbocycles. The zero-order chi connectivity index (χ0) is 11.7. The van der Waals surface area contributed by atoms with E-state index in [4.69, 9.17) is 4.74 Å². The molecule has 0 amide bonds. The van der Waals surface area contributed by atoms with Crippen LogP contribution in [0.5, 0.6) is 5.88 Å². The van der Waals surface area contributed by atoms with Gasteiger partial charge in [-0.15, -0.1) is 0 Å². The van der Waals surface area contributed by atoms with Crippen molar-refractivity contribution in [3.8, 4) is 5.88 Å². The number of morpholine rings is 1. The molecular formula is C13H16N2O2. The first kappa shape index (κ1) is 10.6. The minimum absolute atomic E-state index is 0.136. The molecule has 3 rings (SSSR count). The Morgan fingerprint density at radius 1 is 1.41 bits per heavy atom. The van der Waals surface area contributed by atoms with Crippen molar-refractivity contribution in [2.75, 3.05) is 19.7 Å². The van der Waals surface area contributed by atoms with Crippen molar-refractivity contribution in [3.63, 3.8) is 0 Å². The number of rotatable bonds is 2. The Morgan fingerprint density at radius 2 is 2.29 bits per heavy atom. The normalized spacial score (nSPS) is 20.8. The van der Waals surface area contributed by atoms with Gasteiger partial charge in [0, 0.05) is 30.1 Å². The fraction of sp³-hybridized carbons (Fsp3) is 0.385. The van der Waals surface area contributed by atoms with Crippen molar-refractivity contribution in [1.82, 2.24) is 9.88 Å². The van der Waals surface area contributed by atoms with E-state index in [1.165, 1.54) is 0 Å². The second kappa shape index (κ2) is 4.39. The van der Waals surface area contributed by atoms with Crippen LogP contribution in [-0.2, 0) is 11.3 Å². The summed E-state index contributed by atoms with van der Waals surface area (Å²) in [5, 5.41) is 15.4. The molecule has 4 nitrogen and oxygen atoms in total. The lowest BCUT2D eigenvalue weighted by molar-refractivity contribution is 0.0172. The summed E-state index contributed by atoms with van der Waals surface area (Å²) in [5.74, 6) is 0.328. The van der Waals surface area contributed by atoms with Crippen molar-refractivity contribution >= 4 is 10.8 Å². The van der Waals surface area contributed by atoms with Gasteiger partial charge < -0.3 is 19.7 Å². The molecule has 1 atom stereocenters. The Labute approximate surface area is 99.8 Å². The van der Waals surface area contributed by atoms with Gasteiger partial charge in [0.15, 0.2) is 5.88 Å². The van der Waals surface area contributed by atoms with E-state index < -0.39 is 0 Å². The monoisotopic (exact) mass is 232 g/mol. The van der Waals surface area contributed by atoms with Crippen LogP contribution in [0.3, 0.4) is 0 Å². The Balaban J connectivity index is 1.87. The highest BCUT2D eigenvalue weighted by Gasteiger charge is 2.16. The summed E-state index contributed by atoms with van der Waals surface area (Å²) < 4.78 is 7.50. The maximum atomic E-state index is 10.1. The quantitative estimate of drug-likeness (QED) is 0.821. The highest BCUT2D eigenvalue weighted by Crippen LogP contribution is 2.27. The van der Waals surface area contributed by atoms with Crippen molar-refractivity contribution in [3.05, 3.63) is 30.5 Å². The molecule has 1 aliphatic heterocycles. The molecule has 90 valence electrons. The van der Waals surface area contributed by atoms with Gasteiger partial charge in [-0.1, -0.05) is 18.2 Å². The van der Waals surface area contributed by atoms with E-state index >= 15 is 0 Å². The lowest BCUT2D eigenvalue weighted by Crippen LogP contribution is -2.40. The first-order valence-corrected chi connectivity index (χ1v) is 5.94. The van der Waals surface area contributed by atoms with Crippen molar-refractivity contribution in [2.45, 2.75) is 12.6 Å². The molecule has 0 aliphatic carbocycles. The first-order valence-electron chi connectivity index (χ1n) is 5.94. The van der Waals surface area contributed by atoms with E-state index in [1.54, 1.807) is 0 Å². The van der Waals surface area contributed by atoms with Crippen molar-refractivity contribution < 1.29 is 9.84 Å². The number of aromatic hydroxyl groups is 1. The molecule has 2 aromatic rings. The van der Waals surface area contributed by atoms with Gasteiger partial charge in [-0.2, -0.15) is 0 Å². The number of hydrogen-bond donors (Lipinski definition) is 2. The average Bonchev–Trinajstić information content (AvgIpc) is 2.68. The smallest absolute Gasteiger partial charge is 0.199 e. The summed E-state index contributed by atoms with van der Waals surface area (Å²) in [5.41, 5.74) is 0.